The maximum Gasteiger partial charge on any atom is 0.335 e. The summed E-state index contributed by atoms with van der Waals surface area (Å²) in [7, 11) is 0. The number of urea groups is 1. The van der Waals surface area contributed by atoms with Crippen molar-refractivity contribution in [2.75, 3.05) is 4.90 Å². The van der Waals surface area contributed by atoms with E-state index in [-0.39, 0.29) is 12.1 Å². The average Bonchev–Trinajstić information content (AvgIpc) is 3.06. The SMILES string of the molecule is Cc1cccc(N2C(=O)NC(=O)/C(=C\c3cn(CC#N)c4ccccc34)C2=O)c1C. The Morgan fingerprint density at radius 2 is 1.83 bits per heavy atom. The van der Waals surface area contributed by atoms with Crippen molar-refractivity contribution in [1.82, 2.24) is 9.88 Å². The lowest BCUT2D eigenvalue weighted by molar-refractivity contribution is -0.122. The molecular formula is C23H18N4O3. The number of amides is 4. The molecule has 1 aromatic heterocycles. The fraction of sp³-hybridized carbons (Fsp3) is 0.130. The molecule has 0 bridgehead atoms. The van der Waals surface area contributed by atoms with E-state index in [1.54, 1.807) is 22.9 Å². The van der Waals surface area contributed by atoms with Crippen LogP contribution in [0.3, 0.4) is 0 Å². The maximum atomic E-state index is 13.2. The number of benzene rings is 2. The molecule has 1 aliphatic heterocycles. The first kappa shape index (κ1) is 19.2. The van der Waals surface area contributed by atoms with E-state index in [1.165, 1.54) is 6.08 Å². The molecule has 7 nitrogen and oxygen atoms in total. The quantitative estimate of drug-likeness (QED) is 0.540. The van der Waals surface area contributed by atoms with E-state index in [0.717, 1.165) is 26.9 Å². The van der Waals surface area contributed by atoms with Gasteiger partial charge in [-0.3, -0.25) is 14.9 Å². The average molecular weight is 398 g/mol. The van der Waals surface area contributed by atoms with E-state index in [1.807, 2.05) is 44.2 Å². The monoisotopic (exact) mass is 398 g/mol. The van der Waals surface area contributed by atoms with Gasteiger partial charge in [0.2, 0.25) is 0 Å². The molecular weight excluding hydrogens is 380 g/mol. The van der Waals surface area contributed by atoms with Crippen LogP contribution in [0.25, 0.3) is 17.0 Å². The van der Waals surface area contributed by atoms with E-state index >= 15 is 0 Å². The second-order valence-electron chi connectivity index (χ2n) is 7.06. The van der Waals surface area contributed by atoms with Crippen molar-refractivity contribution in [2.24, 2.45) is 0 Å². The molecule has 148 valence electrons. The summed E-state index contributed by atoms with van der Waals surface area (Å²) >= 11 is 0. The number of fused-ring (bicyclic) bond motifs is 1. The number of hydrogen-bond donors (Lipinski definition) is 1. The van der Waals surface area contributed by atoms with Gasteiger partial charge in [-0.15, -0.1) is 0 Å². The highest BCUT2D eigenvalue weighted by Gasteiger charge is 2.37. The Morgan fingerprint density at radius 3 is 2.60 bits per heavy atom. The van der Waals surface area contributed by atoms with Crippen molar-refractivity contribution in [2.45, 2.75) is 20.4 Å². The Bertz CT molecular complexity index is 1290. The van der Waals surface area contributed by atoms with Crippen molar-refractivity contribution >= 4 is 40.5 Å². The molecule has 0 saturated carbocycles. The van der Waals surface area contributed by atoms with Crippen LogP contribution in [0.15, 0.2) is 54.2 Å². The van der Waals surface area contributed by atoms with E-state index < -0.39 is 17.8 Å². The highest BCUT2D eigenvalue weighted by Crippen LogP contribution is 2.29. The summed E-state index contributed by atoms with van der Waals surface area (Å²) in [6.07, 6.45) is 3.19. The zero-order valence-corrected chi connectivity index (χ0v) is 16.5. The van der Waals surface area contributed by atoms with Crippen LogP contribution < -0.4 is 10.2 Å². The van der Waals surface area contributed by atoms with Gasteiger partial charge in [0.1, 0.15) is 12.1 Å². The summed E-state index contributed by atoms with van der Waals surface area (Å²) in [4.78, 5) is 39.2. The first-order valence-electron chi connectivity index (χ1n) is 9.35. The maximum absolute atomic E-state index is 13.2. The molecule has 30 heavy (non-hydrogen) atoms. The Balaban J connectivity index is 1.84. The topological polar surface area (TPSA) is 95.2 Å². The smallest absolute Gasteiger partial charge is 0.333 e. The second-order valence-corrected chi connectivity index (χ2v) is 7.06. The lowest BCUT2D eigenvalue weighted by atomic mass is 10.0. The van der Waals surface area contributed by atoms with Gasteiger partial charge in [-0.05, 0) is 43.2 Å². The first-order chi connectivity index (χ1) is 14.4. The van der Waals surface area contributed by atoms with Crippen LogP contribution in [-0.4, -0.2) is 22.4 Å². The van der Waals surface area contributed by atoms with Crippen LogP contribution in [0.2, 0.25) is 0 Å². The minimum Gasteiger partial charge on any atom is -0.333 e. The number of rotatable bonds is 3. The number of nitrogens with zero attached hydrogens (tertiary/aromatic N) is 3. The number of imide groups is 2. The fourth-order valence-electron chi connectivity index (χ4n) is 3.61. The molecule has 0 unspecified atom stereocenters. The number of carbonyl (C=O) groups is 3. The molecule has 1 aliphatic rings. The van der Waals surface area contributed by atoms with Gasteiger partial charge in [-0.2, -0.15) is 5.26 Å². The zero-order chi connectivity index (χ0) is 21.4. The number of barbiturate groups is 1. The number of anilines is 1. The molecule has 2 heterocycles. The number of hydrogen-bond acceptors (Lipinski definition) is 4. The number of carbonyl (C=O) groups excluding carboxylic acids is 3. The summed E-state index contributed by atoms with van der Waals surface area (Å²) in [6, 6.07) is 14.1. The molecule has 1 saturated heterocycles. The summed E-state index contributed by atoms with van der Waals surface area (Å²) < 4.78 is 1.75. The summed E-state index contributed by atoms with van der Waals surface area (Å²) in [5, 5.41) is 12.1. The number of nitriles is 1. The largest absolute Gasteiger partial charge is 0.335 e. The third-order valence-electron chi connectivity index (χ3n) is 5.28. The van der Waals surface area contributed by atoms with E-state index in [9.17, 15) is 14.4 Å². The molecule has 3 aromatic rings. The van der Waals surface area contributed by atoms with E-state index in [2.05, 4.69) is 11.4 Å². The number of nitrogens with one attached hydrogen (secondary N) is 1. The van der Waals surface area contributed by atoms with Gasteiger partial charge in [0, 0.05) is 22.7 Å². The van der Waals surface area contributed by atoms with Gasteiger partial charge in [0.15, 0.2) is 0 Å². The zero-order valence-electron chi connectivity index (χ0n) is 16.5. The molecule has 0 atom stereocenters. The van der Waals surface area contributed by atoms with Crippen molar-refractivity contribution in [3.05, 3.63) is 70.9 Å². The van der Waals surface area contributed by atoms with Gasteiger partial charge >= 0.3 is 6.03 Å². The molecule has 4 rings (SSSR count). The molecule has 0 aliphatic carbocycles. The van der Waals surface area contributed by atoms with Gasteiger partial charge in [0.25, 0.3) is 11.8 Å². The number of para-hydroxylation sites is 1. The highest BCUT2D eigenvalue weighted by atomic mass is 16.2. The third kappa shape index (κ3) is 3.05. The minimum absolute atomic E-state index is 0.136. The van der Waals surface area contributed by atoms with Gasteiger partial charge in [0.05, 0.1) is 11.8 Å². The number of aryl methyl sites for hydroxylation is 1. The fourth-order valence-corrected chi connectivity index (χ4v) is 3.61. The minimum atomic E-state index is -0.775. The van der Waals surface area contributed by atoms with Crippen molar-refractivity contribution in [3.8, 4) is 6.07 Å². The van der Waals surface area contributed by atoms with Crippen molar-refractivity contribution in [1.29, 1.82) is 5.26 Å². The molecule has 7 heteroatoms. The van der Waals surface area contributed by atoms with Crippen LogP contribution in [0.4, 0.5) is 10.5 Å². The first-order valence-corrected chi connectivity index (χ1v) is 9.35. The second kappa shape index (κ2) is 7.33. The van der Waals surface area contributed by atoms with Crippen molar-refractivity contribution in [3.63, 3.8) is 0 Å². The Morgan fingerprint density at radius 1 is 1.07 bits per heavy atom. The van der Waals surface area contributed by atoms with Crippen LogP contribution in [0, 0.1) is 25.2 Å². The van der Waals surface area contributed by atoms with Gasteiger partial charge in [-0.1, -0.05) is 30.3 Å². The van der Waals surface area contributed by atoms with Crippen molar-refractivity contribution < 1.29 is 14.4 Å². The van der Waals surface area contributed by atoms with Gasteiger partial charge in [-0.25, -0.2) is 9.69 Å². The standard InChI is InChI=1S/C23H18N4O3/c1-14-6-5-9-19(15(14)2)27-22(29)18(21(28)25-23(27)30)12-16-13-26(11-10-24)20-8-4-3-7-17(16)20/h3-9,12-13H,11H2,1-2H3,(H,25,28,30)/b18-12+. The molecule has 1 fully saturated rings. The third-order valence-corrected chi connectivity index (χ3v) is 5.28. The number of aromatic nitrogens is 1. The van der Waals surface area contributed by atoms with Crippen LogP contribution in [-0.2, 0) is 16.1 Å². The lowest BCUT2D eigenvalue weighted by Crippen LogP contribution is -2.54. The van der Waals surface area contributed by atoms with E-state index in [4.69, 9.17) is 5.26 Å². The molecule has 0 radical (unpaired) electrons. The summed E-state index contributed by atoms with van der Waals surface area (Å²) in [6.45, 7) is 3.84. The van der Waals surface area contributed by atoms with E-state index in [0.29, 0.717) is 11.3 Å². The lowest BCUT2D eigenvalue weighted by Gasteiger charge is -2.28. The normalized spacial score (nSPS) is 15.6. The van der Waals surface area contributed by atoms with Crippen LogP contribution in [0.1, 0.15) is 16.7 Å². The Labute approximate surface area is 172 Å². The Kier molecular flexibility index (Phi) is 4.68. The Hall–Kier alpha value is -4.18. The highest BCUT2D eigenvalue weighted by molar-refractivity contribution is 6.39. The predicted molar refractivity (Wildman–Crippen MR) is 112 cm³/mol. The predicted octanol–water partition coefficient (Wildman–Crippen LogP) is 3.45. The van der Waals surface area contributed by atoms with Crippen LogP contribution >= 0.6 is 0 Å². The molecule has 1 N–H and O–H groups in total. The molecule has 2 aromatic carbocycles. The summed E-state index contributed by atoms with van der Waals surface area (Å²) in [5.74, 6) is -1.43. The molecule has 0 spiro atoms. The van der Waals surface area contributed by atoms with Crippen LogP contribution in [0.5, 0.6) is 0 Å². The van der Waals surface area contributed by atoms with Gasteiger partial charge < -0.3 is 4.57 Å². The summed E-state index contributed by atoms with van der Waals surface area (Å²) in [5.41, 5.74) is 3.43. The molecule has 4 amide bonds.